The van der Waals surface area contributed by atoms with Gasteiger partial charge in [-0.3, -0.25) is 0 Å². The van der Waals surface area contributed by atoms with Gasteiger partial charge in [0.05, 0.1) is 16.7 Å². The van der Waals surface area contributed by atoms with Crippen molar-refractivity contribution in [3.63, 3.8) is 0 Å². The lowest BCUT2D eigenvalue weighted by Crippen LogP contribution is -2.57. The molecular weight excluding hydrogens is 657 g/mol. The number of hydrogen-bond donors (Lipinski definition) is 0. The highest BCUT2D eigenvalue weighted by molar-refractivity contribution is 6.98. The Kier molecular flexibility index (Phi) is 6.61. The van der Waals surface area contributed by atoms with Crippen LogP contribution in [-0.2, 0) is 0 Å². The predicted octanol–water partition coefficient (Wildman–Crippen LogP) is 11.2. The summed E-state index contributed by atoms with van der Waals surface area (Å²) >= 11 is 0. The van der Waals surface area contributed by atoms with Crippen molar-refractivity contribution in [2.75, 3.05) is 0 Å². The van der Waals surface area contributed by atoms with Gasteiger partial charge in [-0.2, -0.15) is 0 Å². The number of hydrogen-bond acceptors (Lipinski definition) is 2. The van der Waals surface area contributed by atoms with E-state index in [0.29, 0.717) is 0 Å². The first kappa shape index (κ1) is 31.1. The van der Waals surface area contributed by atoms with Crippen LogP contribution >= 0.6 is 0 Å². The number of aryl methyl sites for hydroxylation is 4. The first-order valence-electron chi connectivity index (χ1n) is 18.8. The molecule has 0 bridgehead atoms. The second-order valence-electron chi connectivity index (χ2n) is 15.1. The third kappa shape index (κ3) is 4.43. The molecule has 0 aliphatic carbocycles. The van der Waals surface area contributed by atoms with Gasteiger partial charge < -0.3 is 14.0 Å². The zero-order valence-corrected chi connectivity index (χ0v) is 30.7. The highest BCUT2D eigenvalue weighted by Gasteiger charge is 2.41. The van der Waals surface area contributed by atoms with Crippen molar-refractivity contribution in [3.05, 3.63) is 168 Å². The van der Waals surface area contributed by atoms with Crippen LogP contribution in [0.3, 0.4) is 0 Å². The van der Waals surface area contributed by atoms with E-state index in [0.717, 1.165) is 67.2 Å². The average Bonchev–Trinajstić information content (AvgIpc) is 3.52. The number of benzene rings is 8. The summed E-state index contributed by atoms with van der Waals surface area (Å²) in [7, 11) is 0. The summed E-state index contributed by atoms with van der Waals surface area (Å²) in [6, 6.07) is 52.9. The molecular formula is C50H36BNO2. The molecule has 0 fully saturated rings. The van der Waals surface area contributed by atoms with E-state index < -0.39 is 0 Å². The van der Waals surface area contributed by atoms with Crippen LogP contribution in [0.2, 0.25) is 0 Å². The standard InChI is InChI=1S/C50H36BNO2/c1-29-11-9-12-30(2)47(29)34-19-22-39-43(25-34)53-45-27-36(52-41-18-8-7-17-38(41)49-37-16-6-5-15-33(37)21-24-42(49)52)28-46-50(45)51(39)40-23-20-35(26-44(40)54-46)48-31(3)13-10-14-32(48)4/h5-28H,1-4H3. The van der Waals surface area contributed by atoms with Crippen molar-refractivity contribution in [1.29, 1.82) is 0 Å². The van der Waals surface area contributed by atoms with E-state index in [1.54, 1.807) is 0 Å². The third-order valence-electron chi connectivity index (χ3n) is 11.8. The molecule has 1 aromatic heterocycles. The molecule has 4 heteroatoms. The molecule has 9 aromatic rings. The molecule has 0 N–H and O–H groups in total. The summed E-state index contributed by atoms with van der Waals surface area (Å²) in [5.41, 5.74) is 16.5. The van der Waals surface area contributed by atoms with Crippen LogP contribution in [0.4, 0.5) is 0 Å². The van der Waals surface area contributed by atoms with E-state index in [1.807, 2.05) is 0 Å². The fourth-order valence-electron chi connectivity index (χ4n) is 9.48. The van der Waals surface area contributed by atoms with Crippen LogP contribution in [0.5, 0.6) is 23.0 Å². The van der Waals surface area contributed by atoms with Gasteiger partial charge in [0.2, 0.25) is 0 Å². The van der Waals surface area contributed by atoms with Crippen LogP contribution in [0.25, 0.3) is 60.5 Å². The van der Waals surface area contributed by atoms with E-state index in [-0.39, 0.29) is 6.71 Å². The summed E-state index contributed by atoms with van der Waals surface area (Å²) in [6.45, 7) is 8.71. The topological polar surface area (TPSA) is 23.4 Å². The lowest BCUT2D eigenvalue weighted by atomic mass is 9.34. The quantitative estimate of drug-likeness (QED) is 0.172. The third-order valence-corrected chi connectivity index (χ3v) is 11.8. The summed E-state index contributed by atoms with van der Waals surface area (Å²) < 4.78 is 16.5. The molecule has 3 nitrogen and oxygen atoms in total. The molecule has 8 aromatic carbocycles. The SMILES string of the molecule is Cc1cccc(C)c1-c1ccc2c(c1)Oc1cc(-n3c4ccccc4c4c5ccccc5ccc43)cc3c1B2c1ccc(-c2c(C)cccc2C)cc1O3. The first-order valence-corrected chi connectivity index (χ1v) is 18.8. The molecule has 2 aliphatic heterocycles. The molecule has 256 valence electrons. The van der Waals surface area contributed by atoms with E-state index in [1.165, 1.54) is 54.9 Å². The molecule has 3 heterocycles. The second kappa shape index (κ2) is 11.5. The summed E-state index contributed by atoms with van der Waals surface area (Å²) in [4.78, 5) is 0. The molecule has 0 saturated heterocycles. The van der Waals surface area contributed by atoms with Gasteiger partial charge in [-0.05, 0) is 118 Å². The summed E-state index contributed by atoms with van der Waals surface area (Å²) in [5.74, 6) is 3.43. The highest BCUT2D eigenvalue weighted by Crippen LogP contribution is 2.43. The number of aromatic nitrogens is 1. The van der Waals surface area contributed by atoms with Crippen LogP contribution in [0.1, 0.15) is 22.3 Å². The number of nitrogens with zero attached hydrogens (tertiary/aromatic N) is 1. The van der Waals surface area contributed by atoms with Gasteiger partial charge in [0.1, 0.15) is 23.0 Å². The molecule has 0 saturated carbocycles. The maximum Gasteiger partial charge on any atom is 0.260 e. The Morgan fingerprint density at radius 2 is 0.981 bits per heavy atom. The Hall–Kier alpha value is -6.52. The van der Waals surface area contributed by atoms with Gasteiger partial charge in [0, 0.05) is 28.4 Å². The second-order valence-corrected chi connectivity index (χ2v) is 15.1. The van der Waals surface area contributed by atoms with Crippen molar-refractivity contribution in [3.8, 4) is 50.9 Å². The Bertz CT molecular complexity index is 2900. The number of para-hydroxylation sites is 1. The zero-order chi connectivity index (χ0) is 36.2. The predicted molar refractivity (Wildman–Crippen MR) is 226 cm³/mol. The van der Waals surface area contributed by atoms with Crippen molar-refractivity contribution >= 4 is 55.7 Å². The van der Waals surface area contributed by atoms with Crippen molar-refractivity contribution in [2.45, 2.75) is 27.7 Å². The number of fused-ring (bicyclic) bond motifs is 9. The van der Waals surface area contributed by atoms with E-state index in [4.69, 9.17) is 9.47 Å². The van der Waals surface area contributed by atoms with Crippen LogP contribution in [-0.4, -0.2) is 11.3 Å². The lowest BCUT2D eigenvalue weighted by Gasteiger charge is -2.34. The molecule has 2 aliphatic rings. The minimum atomic E-state index is -0.0438. The van der Waals surface area contributed by atoms with Crippen molar-refractivity contribution in [1.82, 2.24) is 4.57 Å². The fraction of sp³-hybridized carbons (Fsp3) is 0.0800. The fourth-order valence-corrected chi connectivity index (χ4v) is 9.48. The Morgan fingerprint density at radius 1 is 0.444 bits per heavy atom. The van der Waals surface area contributed by atoms with Crippen molar-refractivity contribution in [2.24, 2.45) is 0 Å². The minimum absolute atomic E-state index is 0.0438. The molecule has 0 spiro atoms. The van der Waals surface area contributed by atoms with E-state index in [9.17, 15) is 0 Å². The smallest absolute Gasteiger partial charge is 0.260 e. The molecule has 0 radical (unpaired) electrons. The maximum absolute atomic E-state index is 7.05. The average molecular weight is 694 g/mol. The zero-order valence-electron chi connectivity index (χ0n) is 30.7. The van der Waals surface area contributed by atoms with Crippen LogP contribution in [0.15, 0.2) is 146 Å². The number of rotatable bonds is 3. The Balaban J connectivity index is 1.17. The summed E-state index contributed by atoms with van der Waals surface area (Å²) in [5, 5.41) is 4.96. The minimum Gasteiger partial charge on any atom is -0.458 e. The van der Waals surface area contributed by atoms with Gasteiger partial charge in [0.25, 0.3) is 6.71 Å². The summed E-state index contributed by atoms with van der Waals surface area (Å²) in [6.07, 6.45) is 0. The first-order chi connectivity index (χ1) is 26.4. The van der Waals surface area contributed by atoms with E-state index >= 15 is 0 Å². The van der Waals surface area contributed by atoms with Crippen LogP contribution in [0, 0.1) is 27.7 Å². The van der Waals surface area contributed by atoms with Gasteiger partial charge in [0.15, 0.2) is 0 Å². The van der Waals surface area contributed by atoms with Crippen molar-refractivity contribution < 1.29 is 9.47 Å². The molecule has 0 amide bonds. The Labute approximate surface area is 315 Å². The molecule has 0 unspecified atom stereocenters. The Morgan fingerprint density at radius 3 is 1.57 bits per heavy atom. The molecule has 11 rings (SSSR count). The highest BCUT2D eigenvalue weighted by atomic mass is 16.5. The van der Waals surface area contributed by atoms with Gasteiger partial charge in [-0.1, -0.05) is 109 Å². The normalized spacial score (nSPS) is 12.7. The molecule has 0 atom stereocenters. The van der Waals surface area contributed by atoms with Gasteiger partial charge in [-0.15, -0.1) is 0 Å². The monoisotopic (exact) mass is 693 g/mol. The molecule has 54 heavy (non-hydrogen) atoms. The van der Waals surface area contributed by atoms with Gasteiger partial charge >= 0.3 is 0 Å². The largest absolute Gasteiger partial charge is 0.458 e. The van der Waals surface area contributed by atoms with Crippen LogP contribution < -0.4 is 25.9 Å². The lowest BCUT2D eigenvalue weighted by molar-refractivity contribution is 0.464. The van der Waals surface area contributed by atoms with Gasteiger partial charge in [-0.25, -0.2) is 0 Å². The number of ether oxygens (including phenoxy) is 2. The maximum atomic E-state index is 7.05. The van der Waals surface area contributed by atoms with E-state index in [2.05, 4.69) is 178 Å².